The number of nitrogens with two attached hydrogens (primary N) is 1. The molecule has 1 saturated carbocycles. The molecule has 3 aliphatic rings. The maximum atomic E-state index is 14.9. The van der Waals surface area contributed by atoms with Crippen molar-refractivity contribution in [2.45, 2.75) is 69.4 Å². The molecule has 3 heterocycles. The minimum Gasteiger partial charge on any atom is -0.485 e. The van der Waals surface area contributed by atoms with Gasteiger partial charge in [0.05, 0.1) is 12.1 Å². The van der Waals surface area contributed by atoms with E-state index in [1.807, 2.05) is 6.07 Å². The van der Waals surface area contributed by atoms with Gasteiger partial charge in [-0.3, -0.25) is 19.5 Å². The Morgan fingerprint density at radius 3 is 2.54 bits per heavy atom. The molecule has 1 saturated heterocycles. The zero-order valence-corrected chi connectivity index (χ0v) is 20.0. The average Bonchev–Trinajstić information content (AvgIpc) is 3.32. The number of fused-ring (bicyclic) bond motifs is 1. The number of nitrogens with zero attached hydrogens (tertiary/aromatic N) is 2. The normalized spacial score (nSPS) is 21.7. The lowest BCUT2D eigenvalue weighted by Gasteiger charge is -2.46. The Morgan fingerprint density at radius 2 is 1.80 bits per heavy atom. The molecular weight excluding hydrogens is 447 g/mol. The van der Waals surface area contributed by atoms with Gasteiger partial charge in [0.1, 0.15) is 11.6 Å². The number of benzene rings is 1. The third kappa shape index (κ3) is 4.76. The summed E-state index contributed by atoms with van der Waals surface area (Å²) in [6, 6.07) is 4.85. The highest BCUT2D eigenvalue weighted by atomic mass is 19.1. The van der Waals surface area contributed by atoms with Gasteiger partial charge in [-0.2, -0.15) is 0 Å². The van der Waals surface area contributed by atoms with Gasteiger partial charge in [0, 0.05) is 29.9 Å². The summed E-state index contributed by atoms with van der Waals surface area (Å²) in [5, 5.41) is 3.16. The van der Waals surface area contributed by atoms with Crippen molar-refractivity contribution in [2.24, 2.45) is 5.73 Å². The monoisotopic (exact) mass is 480 g/mol. The molecule has 2 fully saturated rings. The Labute approximate surface area is 205 Å². The smallest absolute Gasteiger partial charge is 0.250 e. The number of piperidine rings is 1. The van der Waals surface area contributed by atoms with E-state index in [9.17, 15) is 14.0 Å². The number of rotatable bonds is 6. The maximum absolute atomic E-state index is 14.9. The SMILES string of the molecule is NC(=O)c1cncc(-c2cc(F)c3c(c2)CC(CNC(=O)C2(N4CCCCC4)CCCCC2)O3)c1. The van der Waals surface area contributed by atoms with Gasteiger partial charge in [0.2, 0.25) is 11.8 Å². The van der Waals surface area contributed by atoms with Crippen molar-refractivity contribution in [1.29, 1.82) is 0 Å². The molecular formula is C27H33FN4O3. The van der Waals surface area contributed by atoms with E-state index < -0.39 is 17.3 Å². The summed E-state index contributed by atoms with van der Waals surface area (Å²) in [6.07, 6.45) is 11.8. The number of likely N-dealkylation sites (tertiary alicyclic amines) is 1. The molecule has 186 valence electrons. The lowest BCUT2D eigenvalue weighted by molar-refractivity contribution is -0.137. The summed E-state index contributed by atoms with van der Waals surface area (Å²) < 4.78 is 20.8. The van der Waals surface area contributed by atoms with E-state index in [0.717, 1.165) is 57.2 Å². The first kappa shape index (κ1) is 23.7. The van der Waals surface area contributed by atoms with Crippen LogP contribution in [-0.4, -0.2) is 53.0 Å². The largest absolute Gasteiger partial charge is 0.485 e. The number of nitrogens with one attached hydrogen (secondary N) is 1. The molecule has 1 aromatic carbocycles. The highest BCUT2D eigenvalue weighted by Gasteiger charge is 2.45. The lowest BCUT2D eigenvalue weighted by Crippen LogP contribution is -2.61. The number of ether oxygens (including phenoxy) is 1. The van der Waals surface area contributed by atoms with E-state index >= 15 is 0 Å². The first-order chi connectivity index (χ1) is 17.0. The van der Waals surface area contributed by atoms with Crippen molar-refractivity contribution in [3.8, 4) is 16.9 Å². The van der Waals surface area contributed by atoms with E-state index in [1.165, 1.54) is 25.1 Å². The zero-order valence-electron chi connectivity index (χ0n) is 20.0. The Hall–Kier alpha value is -3.00. The van der Waals surface area contributed by atoms with Crippen LogP contribution in [0.5, 0.6) is 5.75 Å². The highest BCUT2D eigenvalue weighted by molar-refractivity contribution is 5.93. The number of pyridine rings is 1. The predicted molar refractivity (Wildman–Crippen MR) is 131 cm³/mol. The van der Waals surface area contributed by atoms with Gasteiger partial charge in [0.15, 0.2) is 11.6 Å². The van der Waals surface area contributed by atoms with Crippen LogP contribution in [0, 0.1) is 5.82 Å². The molecule has 2 amide bonds. The number of amides is 2. The topological polar surface area (TPSA) is 97.6 Å². The van der Waals surface area contributed by atoms with Gasteiger partial charge in [-0.05, 0) is 62.5 Å². The molecule has 0 spiro atoms. The van der Waals surface area contributed by atoms with Gasteiger partial charge in [-0.1, -0.05) is 25.7 Å². The molecule has 1 aliphatic carbocycles. The Balaban J connectivity index is 1.27. The molecule has 0 radical (unpaired) electrons. The fourth-order valence-electron chi connectivity index (χ4n) is 5.92. The number of aromatic nitrogens is 1. The number of primary amides is 1. The summed E-state index contributed by atoms with van der Waals surface area (Å²) in [4.78, 5) is 31.5. The molecule has 0 bridgehead atoms. The summed E-state index contributed by atoms with van der Waals surface area (Å²) in [7, 11) is 0. The van der Waals surface area contributed by atoms with Crippen LogP contribution in [0.2, 0.25) is 0 Å². The third-order valence-electron chi connectivity index (χ3n) is 7.76. The Bertz CT molecular complexity index is 1110. The molecule has 2 aliphatic heterocycles. The molecule has 1 aromatic heterocycles. The van der Waals surface area contributed by atoms with E-state index in [4.69, 9.17) is 10.5 Å². The molecule has 1 unspecified atom stereocenters. The summed E-state index contributed by atoms with van der Waals surface area (Å²) in [5.41, 5.74) is 7.17. The van der Waals surface area contributed by atoms with E-state index in [0.29, 0.717) is 24.1 Å². The Kier molecular flexibility index (Phi) is 6.73. The quantitative estimate of drug-likeness (QED) is 0.659. The number of carbonyl (C=O) groups excluding carboxylic acids is 2. The minimum absolute atomic E-state index is 0.0918. The zero-order chi connectivity index (χ0) is 24.4. The molecule has 3 N–H and O–H groups in total. The molecule has 35 heavy (non-hydrogen) atoms. The van der Waals surface area contributed by atoms with Gasteiger partial charge < -0.3 is 15.8 Å². The number of hydrogen-bond donors (Lipinski definition) is 2. The standard InChI is InChI=1S/C27H33FN4O3/c28-23-14-18(20-12-21(25(29)33)16-30-15-20)11-19-13-22(35-24(19)23)17-31-26(34)27(7-3-1-4-8-27)32-9-5-2-6-10-32/h11-12,14-16,22H,1-10,13,17H2,(H2,29,33)(H,31,34). The number of halogens is 1. The van der Waals surface area contributed by atoms with Crippen LogP contribution < -0.4 is 15.8 Å². The van der Waals surface area contributed by atoms with Crippen LogP contribution in [0.25, 0.3) is 11.1 Å². The number of carbonyl (C=O) groups is 2. The first-order valence-corrected chi connectivity index (χ1v) is 12.7. The van der Waals surface area contributed by atoms with Crippen molar-refractivity contribution in [3.63, 3.8) is 0 Å². The second-order valence-electron chi connectivity index (χ2n) is 10.1. The highest BCUT2D eigenvalue weighted by Crippen LogP contribution is 2.37. The van der Waals surface area contributed by atoms with Crippen LogP contribution in [0.4, 0.5) is 4.39 Å². The predicted octanol–water partition coefficient (Wildman–Crippen LogP) is 3.60. The fourth-order valence-corrected chi connectivity index (χ4v) is 5.92. The first-order valence-electron chi connectivity index (χ1n) is 12.7. The van der Waals surface area contributed by atoms with E-state index in [1.54, 1.807) is 12.3 Å². The molecule has 5 rings (SSSR count). The summed E-state index contributed by atoms with van der Waals surface area (Å²) >= 11 is 0. The summed E-state index contributed by atoms with van der Waals surface area (Å²) in [5.74, 6) is -0.724. The van der Waals surface area contributed by atoms with Crippen LogP contribution in [0.1, 0.15) is 67.3 Å². The minimum atomic E-state index is -0.583. The molecule has 2 aromatic rings. The van der Waals surface area contributed by atoms with Crippen LogP contribution in [0.3, 0.4) is 0 Å². The molecule has 1 atom stereocenters. The van der Waals surface area contributed by atoms with Crippen molar-refractivity contribution in [2.75, 3.05) is 19.6 Å². The van der Waals surface area contributed by atoms with Gasteiger partial charge in [-0.25, -0.2) is 4.39 Å². The van der Waals surface area contributed by atoms with Gasteiger partial charge in [0.25, 0.3) is 0 Å². The van der Waals surface area contributed by atoms with Gasteiger partial charge in [-0.15, -0.1) is 0 Å². The third-order valence-corrected chi connectivity index (χ3v) is 7.76. The van der Waals surface area contributed by atoms with Crippen LogP contribution in [0.15, 0.2) is 30.6 Å². The lowest BCUT2D eigenvalue weighted by atomic mass is 9.78. The second-order valence-corrected chi connectivity index (χ2v) is 10.1. The van der Waals surface area contributed by atoms with Crippen LogP contribution in [-0.2, 0) is 11.2 Å². The van der Waals surface area contributed by atoms with Crippen molar-refractivity contribution in [1.82, 2.24) is 15.2 Å². The molecule has 7 nitrogen and oxygen atoms in total. The average molecular weight is 481 g/mol. The van der Waals surface area contributed by atoms with Crippen molar-refractivity contribution in [3.05, 3.63) is 47.5 Å². The number of hydrogen-bond acceptors (Lipinski definition) is 5. The summed E-state index contributed by atoms with van der Waals surface area (Å²) in [6.45, 7) is 2.31. The second kappa shape index (κ2) is 9.93. The van der Waals surface area contributed by atoms with Gasteiger partial charge >= 0.3 is 0 Å². The fraction of sp³-hybridized carbons (Fsp3) is 0.519. The molecule has 8 heteroatoms. The van der Waals surface area contributed by atoms with E-state index in [-0.39, 0.29) is 23.3 Å². The maximum Gasteiger partial charge on any atom is 0.250 e. The van der Waals surface area contributed by atoms with Crippen molar-refractivity contribution >= 4 is 11.8 Å². The van der Waals surface area contributed by atoms with E-state index in [2.05, 4.69) is 15.2 Å². The van der Waals surface area contributed by atoms with Crippen molar-refractivity contribution < 1.29 is 18.7 Å². The van der Waals surface area contributed by atoms with Crippen LogP contribution >= 0.6 is 0 Å². The Morgan fingerprint density at radius 1 is 1.06 bits per heavy atom.